The van der Waals surface area contributed by atoms with Crippen molar-refractivity contribution in [1.29, 1.82) is 0 Å². The fourth-order valence-electron chi connectivity index (χ4n) is 1.79. The quantitative estimate of drug-likeness (QED) is 0.760. The molecule has 0 spiro atoms. The largest absolute Gasteiger partial charge is 0.323 e. The van der Waals surface area contributed by atoms with E-state index in [4.69, 9.17) is 5.73 Å². The number of halogens is 2. The van der Waals surface area contributed by atoms with Crippen LogP contribution in [0.15, 0.2) is 62.4 Å². The normalized spacial score (nSPS) is 13.1. The molecular weight excluding hydrogens is 420 g/mol. The van der Waals surface area contributed by atoms with Crippen LogP contribution in [-0.4, -0.2) is 15.0 Å². The van der Waals surface area contributed by atoms with Crippen molar-refractivity contribution in [3.05, 3.63) is 63.0 Å². The maximum Gasteiger partial charge on any atom is 0.241 e. The number of benzene rings is 2. The van der Waals surface area contributed by atoms with E-state index in [0.717, 1.165) is 10.0 Å². The Balaban J connectivity index is 2.11. The first kappa shape index (κ1) is 16.6. The van der Waals surface area contributed by atoms with Crippen molar-refractivity contribution < 1.29 is 8.42 Å². The van der Waals surface area contributed by atoms with E-state index in [1.807, 2.05) is 30.3 Å². The van der Waals surface area contributed by atoms with Gasteiger partial charge in [0.25, 0.3) is 0 Å². The van der Waals surface area contributed by atoms with Gasteiger partial charge >= 0.3 is 0 Å². The van der Waals surface area contributed by atoms with Crippen LogP contribution in [0, 0.1) is 0 Å². The van der Waals surface area contributed by atoms with E-state index in [9.17, 15) is 8.42 Å². The summed E-state index contributed by atoms with van der Waals surface area (Å²) in [4.78, 5) is 0.186. The molecule has 0 saturated heterocycles. The van der Waals surface area contributed by atoms with Gasteiger partial charge < -0.3 is 5.73 Å². The molecule has 0 heterocycles. The van der Waals surface area contributed by atoms with Crippen LogP contribution in [0.25, 0.3) is 0 Å². The molecule has 0 fully saturated rings. The molecule has 0 radical (unpaired) electrons. The second-order valence-electron chi connectivity index (χ2n) is 4.44. The van der Waals surface area contributed by atoms with Gasteiger partial charge in [-0.3, -0.25) is 0 Å². The summed E-state index contributed by atoms with van der Waals surface area (Å²) in [6.45, 7) is 0.134. The predicted molar refractivity (Wildman–Crippen MR) is 90.4 cm³/mol. The second-order valence-corrected chi connectivity index (χ2v) is 7.95. The maximum atomic E-state index is 12.3. The Bertz CT molecular complexity index is 721. The lowest BCUT2D eigenvalue weighted by atomic mass is 10.1. The van der Waals surface area contributed by atoms with Crippen molar-refractivity contribution in [2.45, 2.75) is 10.9 Å². The summed E-state index contributed by atoms with van der Waals surface area (Å²) in [6.07, 6.45) is 0. The van der Waals surface area contributed by atoms with E-state index in [1.54, 1.807) is 12.1 Å². The van der Waals surface area contributed by atoms with Gasteiger partial charge in [-0.05, 0) is 39.7 Å². The average molecular weight is 434 g/mol. The van der Waals surface area contributed by atoms with Crippen molar-refractivity contribution in [2.75, 3.05) is 6.54 Å². The third-order valence-corrected chi connectivity index (χ3v) is 5.80. The molecule has 4 nitrogen and oxygen atoms in total. The van der Waals surface area contributed by atoms with Gasteiger partial charge in [0.15, 0.2) is 0 Å². The maximum absolute atomic E-state index is 12.3. The molecule has 2 aromatic rings. The zero-order valence-electron chi connectivity index (χ0n) is 11.0. The number of rotatable bonds is 5. The molecule has 7 heteroatoms. The van der Waals surface area contributed by atoms with Crippen LogP contribution in [0.4, 0.5) is 0 Å². The Morgan fingerprint density at radius 2 is 1.76 bits per heavy atom. The van der Waals surface area contributed by atoms with Crippen LogP contribution < -0.4 is 10.5 Å². The topological polar surface area (TPSA) is 72.2 Å². The lowest BCUT2D eigenvalue weighted by Gasteiger charge is -2.14. The first-order chi connectivity index (χ1) is 9.90. The highest BCUT2D eigenvalue weighted by molar-refractivity contribution is 9.11. The molecule has 0 aliphatic carbocycles. The first-order valence-corrected chi connectivity index (χ1v) is 9.22. The van der Waals surface area contributed by atoms with E-state index >= 15 is 0 Å². The van der Waals surface area contributed by atoms with Gasteiger partial charge in [-0.2, -0.15) is 0 Å². The average Bonchev–Trinajstić information content (AvgIpc) is 2.45. The van der Waals surface area contributed by atoms with Crippen LogP contribution in [-0.2, 0) is 10.0 Å². The molecule has 21 heavy (non-hydrogen) atoms. The first-order valence-electron chi connectivity index (χ1n) is 6.15. The smallest absolute Gasteiger partial charge is 0.241 e. The monoisotopic (exact) mass is 432 g/mol. The van der Waals surface area contributed by atoms with Gasteiger partial charge in [0.1, 0.15) is 0 Å². The SMILES string of the molecule is NC(CNS(=O)(=O)c1ccc(Br)cc1Br)c1ccccc1. The predicted octanol–water partition coefficient (Wildman–Crippen LogP) is 3.19. The summed E-state index contributed by atoms with van der Waals surface area (Å²) >= 11 is 6.55. The molecule has 0 bridgehead atoms. The highest BCUT2D eigenvalue weighted by atomic mass is 79.9. The molecule has 0 aliphatic heterocycles. The zero-order valence-corrected chi connectivity index (χ0v) is 14.9. The third-order valence-electron chi connectivity index (χ3n) is 2.90. The number of hydrogen-bond donors (Lipinski definition) is 2. The van der Waals surface area contributed by atoms with E-state index < -0.39 is 16.1 Å². The van der Waals surface area contributed by atoms with Gasteiger partial charge in [-0.1, -0.05) is 46.3 Å². The Hall–Kier alpha value is -0.730. The molecule has 0 aromatic heterocycles. The molecule has 2 aromatic carbocycles. The summed E-state index contributed by atoms with van der Waals surface area (Å²) in [5.74, 6) is 0. The minimum absolute atomic E-state index is 0.134. The summed E-state index contributed by atoms with van der Waals surface area (Å²) in [5, 5.41) is 0. The standard InChI is InChI=1S/C14H14Br2N2O2S/c15-11-6-7-14(12(16)8-11)21(19,20)18-9-13(17)10-4-2-1-3-5-10/h1-8,13,18H,9,17H2. The van der Waals surface area contributed by atoms with Crippen LogP contribution in [0.1, 0.15) is 11.6 Å². The number of nitrogens with two attached hydrogens (primary N) is 1. The van der Waals surface area contributed by atoms with Crippen molar-refractivity contribution in [3.63, 3.8) is 0 Å². The highest BCUT2D eigenvalue weighted by Gasteiger charge is 2.19. The molecule has 1 unspecified atom stereocenters. The fourth-order valence-corrected chi connectivity index (χ4v) is 4.59. The molecule has 0 saturated carbocycles. The van der Waals surface area contributed by atoms with Gasteiger partial charge in [0.05, 0.1) is 4.90 Å². The van der Waals surface area contributed by atoms with Gasteiger partial charge in [-0.15, -0.1) is 0 Å². The minimum Gasteiger partial charge on any atom is -0.323 e. The molecule has 0 amide bonds. The molecule has 112 valence electrons. The third kappa shape index (κ3) is 4.37. The number of hydrogen-bond acceptors (Lipinski definition) is 3. The van der Waals surface area contributed by atoms with Gasteiger partial charge in [0, 0.05) is 21.5 Å². The molecule has 2 rings (SSSR count). The molecule has 0 aliphatic rings. The summed E-state index contributed by atoms with van der Waals surface area (Å²) in [6, 6.07) is 13.9. The van der Waals surface area contributed by atoms with Crippen molar-refractivity contribution in [2.24, 2.45) is 5.73 Å². The van der Waals surface area contributed by atoms with E-state index in [0.29, 0.717) is 4.47 Å². The van der Waals surface area contributed by atoms with Crippen molar-refractivity contribution >= 4 is 41.9 Å². The highest BCUT2D eigenvalue weighted by Crippen LogP contribution is 2.25. The van der Waals surface area contributed by atoms with Crippen LogP contribution in [0.5, 0.6) is 0 Å². The van der Waals surface area contributed by atoms with E-state index in [1.165, 1.54) is 6.07 Å². The van der Waals surface area contributed by atoms with Crippen molar-refractivity contribution in [3.8, 4) is 0 Å². The summed E-state index contributed by atoms with van der Waals surface area (Å²) in [7, 11) is -3.61. The van der Waals surface area contributed by atoms with Gasteiger partial charge in [0.2, 0.25) is 10.0 Å². The summed E-state index contributed by atoms with van der Waals surface area (Å²) in [5.41, 5.74) is 6.88. The lowest BCUT2D eigenvalue weighted by Crippen LogP contribution is -2.32. The van der Waals surface area contributed by atoms with Crippen LogP contribution >= 0.6 is 31.9 Å². The Morgan fingerprint density at radius 1 is 1.10 bits per heavy atom. The fraction of sp³-hybridized carbons (Fsp3) is 0.143. The summed E-state index contributed by atoms with van der Waals surface area (Å²) < 4.78 is 28.4. The molecule has 1 atom stereocenters. The van der Waals surface area contributed by atoms with Crippen LogP contribution in [0.2, 0.25) is 0 Å². The second kappa shape index (κ2) is 7.02. The van der Waals surface area contributed by atoms with E-state index in [-0.39, 0.29) is 11.4 Å². The Kier molecular flexibility index (Phi) is 5.56. The molecule has 3 N–H and O–H groups in total. The Morgan fingerprint density at radius 3 is 2.38 bits per heavy atom. The van der Waals surface area contributed by atoms with Crippen LogP contribution in [0.3, 0.4) is 0 Å². The number of sulfonamides is 1. The van der Waals surface area contributed by atoms with E-state index in [2.05, 4.69) is 36.6 Å². The lowest BCUT2D eigenvalue weighted by molar-refractivity contribution is 0.572. The molecular formula is C14H14Br2N2O2S. The van der Waals surface area contributed by atoms with Crippen molar-refractivity contribution in [1.82, 2.24) is 4.72 Å². The minimum atomic E-state index is -3.61. The zero-order chi connectivity index (χ0) is 15.5. The van der Waals surface area contributed by atoms with Gasteiger partial charge in [-0.25, -0.2) is 13.1 Å². The Labute approximate surface area is 141 Å². The number of nitrogens with one attached hydrogen (secondary N) is 1.